The molecule has 3 N–H and O–H groups in total. The van der Waals surface area contributed by atoms with Crippen molar-refractivity contribution in [2.75, 3.05) is 47.3 Å². The number of rotatable bonds is 7. The number of halogens is 4. The average molecular weight is 648 g/mol. The molecule has 3 aromatic rings. The van der Waals surface area contributed by atoms with E-state index >= 15 is 0 Å². The maximum absolute atomic E-state index is 12.6. The highest BCUT2D eigenvalue weighted by Crippen LogP contribution is 2.44. The van der Waals surface area contributed by atoms with Crippen LogP contribution in [-0.4, -0.2) is 78.1 Å². The number of nitrogens with one attached hydrogen (secondary N) is 1. The number of carbonyl (C=O) groups is 1. The van der Waals surface area contributed by atoms with E-state index in [-0.39, 0.29) is 16.7 Å². The van der Waals surface area contributed by atoms with Crippen LogP contribution in [0.2, 0.25) is 5.02 Å². The van der Waals surface area contributed by atoms with E-state index in [1.165, 1.54) is 29.7 Å². The first kappa shape index (κ1) is 31.6. The fourth-order valence-corrected chi connectivity index (χ4v) is 6.50. The van der Waals surface area contributed by atoms with E-state index in [1.54, 1.807) is 37.8 Å². The second-order valence-electron chi connectivity index (χ2n) is 10.4. The second-order valence-corrected chi connectivity index (χ2v) is 13.6. The summed E-state index contributed by atoms with van der Waals surface area (Å²) in [6.07, 6.45) is -5.06. The lowest BCUT2D eigenvalue weighted by Crippen LogP contribution is -2.50. The number of thiazole rings is 1. The van der Waals surface area contributed by atoms with Gasteiger partial charge in [-0.25, -0.2) is 28.2 Å². The first-order valence-corrected chi connectivity index (χ1v) is 15.5. The minimum Gasteiger partial charge on any atom is -0.444 e. The summed E-state index contributed by atoms with van der Waals surface area (Å²) >= 11 is 7.91. The highest BCUT2D eigenvalue weighted by molar-refractivity contribution is 7.92. The maximum atomic E-state index is 12.6. The lowest BCUT2D eigenvalue weighted by Gasteiger charge is -2.35. The third kappa shape index (κ3) is 8.13. The molecular formula is C25H29ClF3N7O4S2. The van der Waals surface area contributed by atoms with E-state index in [9.17, 15) is 26.4 Å². The first-order chi connectivity index (χ1) is 19.5. The standard InChI is InChI=1S/C25H29ClF3N7O4S2/c1-24(2,3)40-23(37)36-12-10-35(11-13-36)22-33-19(20(41-22)17-7-9-31-21(30)32-17)15-5-4-6-16(18(15)26)34-42(38,39)14-8-25(27,28)29/h4-7,9,34H,8,10-14H2,1-3H3,(H2,30,31,32). The number of hydrogen-bond donors (Lipinski definition) is 2. The molecule has 11 nitrogen and oxygen atoms in total. The van der Waals surface area contributed by atoms with Gasteiger partial charge >= 0.3 is 12.3 Å². The van der Waals surface area contributed by atoms with Crippen molar-refractivity contribution in [1.29, 1.82) is 0 Å². The highest BCUT2D eigenvalue weighted by atomic mass is 35.5. The van der Waals surface area contributed by atoms with Gasteiger partial charge in [0.15, 0.2) is 5.13 Å². The summed E-state index contributed by atoms with van der Waals surface area (Å²) in [6, 6.07) is 6.11. The molecule has 1 aromatic carbocycles. The Morgan fingerprint density at radius 3 is 2.45 bits per heavy atom. The zero-order valence-corrected chi connectivity index (χ0v) is 25.3. The number of alkyl halides is 3. The fourth-order valence-electron chi connectivity index (χ4n) is 3.97. The molecule has 42 heavy (non-hydrogen) atoms. The SMILES string of the molecule is CC(C)(C)OC(=O)N1CCN(c2nc(-c3cccc(NS(=O)(=O)CCC(F)(F)F)c3Cl)c(-c3ccnc(N)n3)s2)CC1. The van der Waals surface area contributed by atoms with Crippen LogP contribution in [0.1, 0.15) is 27.2 Å². The van der Waals surface area contributed by atoms with E-state index in [2.05, 4.69) is 14.7 Å². The van der Waals surface area contributed by atoms with Gasteiger partial charge in [0, 0.05) is 37.9 Å². The first-order valence-electron chi connectivity index (χ1n) is 12.7. The van der Waals surface area contributed by atoms with Crippen molar-refractivity contribution in [2.45, 2.75) is 39.0 Å². The largest absolute Gasteiger partial charge is 0.444 e. The van der Waals surface area contributed by atoms with Crippen LogP contribution in [-0.2, 0) is 14.8 Å². The molecular weight excluding hydrogens is 619 g/mol. The predicted molar refractivity (Wildman–Crippen MR) is 156 cm³/mol. The van der Waals surface area contributed by atoms with E-state index in [4.69, 9.17) is 27.1 Å². The van der Waals surface area contributed by atoms with Gasteiger partial charge in [0.2, 0.25) is 16.0 Å². The molecule has 0 bridgehead atoms. The Labute approximate surface area is 249 Å². The molecule has 0 radical (unpaired) electrons. The lowest BCUT2D eigenvalue weighted by atomic mass is 10.1. The van der Waals surface area contributed by atoms with Gasteiger partial charge in [0.25, 0.3) is 0 Å². The molecule has 1 aliphatic heterocycles. The third-order valence-corrected chi connectivity index (χ3v) is 8.72. The molecule has 0 aliphatic carbocycles. The molecule has 4 rings (SSSR count). The summed E-state index contributed by atoms with van der Waals surface area (Å²) in [5, 5.41) is 0.538. The number of nitrogen functional groups attached to an aromatic ring is 1. The Bertz CT molecular complexity index is 1550. The fraction of sp³-hybridized carbons (Fsp3) is 0.440. The Morgan fingerprint density at radius 1 is 1.14 bits per heavy atom. The van der Waals surface area contributed by atoms with Crippen LogP contribution in [0.15, 0.2) is 30.5 Å². The quantitative estimate of drug-likeness (QED) is 0.351. The number of nitrogens with two attached hydrogens (primary N) is 1. The van der Waals surface area contributed by atoms with Crippen LogP contribution in [0.4, 0.5) is 34.7 Å². The summed E-state index contributed by atoms with van der Waals surface area (Å²) in [5.74, 6) is -1.13. The van der Waals surface area contributed by atoms with Crippen LogP contribution in [0.25, 0.3) is 21.8 Å². The number of sulfonamides is 1. The van der Waals surface area contributed by atoms with Crippen LogP contribution in [0.5, 0.6) is 0 Å². The number of anilines is 3. The monoisotopic (exact) mass is 647 g/mol. The van der Waals surface area contributed by atoms with E-state index in [0.29, 0.717) is 53.1 Å². The van der Waals surface area contributed by atoms with Crippen LogP contribution in [0.3, 0.4) is 0 Å². The molecule has 3 heterocycles. The second kappa shape index (κ2) is 12.1. The van der Waals surface area contributed by atoms with Gasteiger partial charge < -0.3 is 20.3 Å². The molecule has 1 amide bonds. The molecule has 0 atom stereocenters. The van der Waals surface area contributed by atoms with Gasteiger partial charge in [-0.2, -0.15) is 13.2 Å². The number of piperazine rings is 1. The van der Waals surface area contributed by atoms with Crippen molar-refractivity contribution < 1.29 is 31.1 Å². The highest BCUT2D eigenvalue weighted by Gasteiger charge is 2.31. The van der Waals surface area contributed by atoms with Crippen molar-refractivity contribution in [3.8, 4) is 21.8 Å². The molecule has 0 spiro atoms. The minimum absolute atomic E-state index is 0.0247. The molecule has 0 saturated carbocycles. The topological polar surface area (TPSA) is 144 Å². The summed E-state index contributed by atoms with van der Waals surface area (Å²) in [7, 11) is -4.35. The van der Waals surface area contributed by atoms with Gasteiger partial charge in [-0.15, -0.1) is 0 Å². The summed E-state index contributed by atoms with van der Waals surface area (Å²) in [6.45, 7) is 7.12. The van der Waals surface area contributed by atoms with Gasteiger partial charge in [0.05, 0.1) is 39.1 Å². The molecule has 2 aromatic heterocycles. The van der Waals surface area contributed by atoms with Gasteiger partial charge in [-0.1, -0.05) is 35.1 Å². The Hall–Kier alpha value is -3.37. The van der Waals surface area contributed by atoms with Crippen molar-refractivity contribution >= 4 is 55.8 Å². The van der Waals surface area contributed by atoms with Crippen molar-refractivity contribution in [3.63, 3.8) is 0 Å². The molecule has 17 heteroatoms. The van der Waals surface area contributed by atoms with Crippen LogP contribution < -0.4 is 15.4 Å². The number of amides is 1. The Balaban J connectivity index is 1.65. The molecule has 1 aliphatic rings. The van der Waals surface area contributed by atoms with Gasteiger partial charge in [-0.3, -0.25) is 4.72 Å². The van der Waals surface area contributed by atoms with Crippen molar-refractivity contribution in [3.05, 3.63) is 35.5 Å². The molecule has 1 fully saturated rings. The Morgan fingerprint density at radius 2 is 1.83 bits per heavy atom. The van der Waals surface area contributed by atoms with Gasteiger partial charge in [-0.05, 0) is 32.9 Å². The number of ether oxygens (including phenoxy) is 1. The van der Waals surface area contributed by atoms with Gasteiger partial charge in [0.1, 0.15) is 5.60 Å². The van der Waals surface area contributed by atoms with E-state index < -0.39 is 40.1 Å². The average Bonchev–Trinajstić information content (AvgIpc) is 3.33. The lowest BCUT2D eigenvalue weighted by molar-refractivity contribution is -0.129. The molecule has 1 saturated heterocycles. The maximum Gasteiger partial charge on any atom is 0.410 e. The number of aromatic nitrogens is 3. The zero-order chi connectivity index (χ0) is 30.9. The summed E-state index contributed by atoms with van der Waals surface area (Å²) in [5.41, 5.74) is 6.25. The summed E-state index contributed by atoms with van der Waals surface area (Å²) < 4.78 is 70.3. The van der Waals surface area contributed by atoms with Crippen LogP contribution >= 0.6 is 22.9 Å². The summed E-state index contributed by atoms with van der Waals surface area (Å²) in [4.78, 5) is 29.7. The molecule has 0 unspecified atom stereocenters. The van der Waals surface area contributed by atoms with Crippen molar-refractivity contribution in [1.82, 2.24) is 19.9 Å². The van der Waals surface area contributed by atoms with E-state index in [0.717, 1.165) is 0 Å². The zero-order valence-electron chi connectivity index (χ0n) is 22.9. The normalized spacial score (nSPS) is 14.6. The van der Waals surface area contributed by atoms with E-state index in [1.807, 2.05) is 4.90 Å². The minimum atomic E-state index is -4.63. The third-order valence-electron chi connectivity index (χ3n) is 5.90. The molecule has 228 valence electrons. The number of hydrogen-bond acceptors (Lipinski definition) is 10. The van der Waals surface area contributed by atoms with Crippen LogP contribution in [0, 0.1) is 0 Å². The predicted octanol–water partition coefficient (Wildman–Crippen LogP) is 5.25. The smallest absolute Gasteiger partial charge is 0.410 e. The number of benzene rings is 1. The van der Waals surface area contributed by atoms with Crippen molar-refractivity contribution in [2.24, 2.45) is 0 Å². The number of nitrogens with zero attached hydrogens (tertiary/aromatic N) is 5. The Kier molecular flexibility index (Phi) is 9.08. The number of carbonyl (C=O) groups excluding carboxylic acids is 1.